The molecule has 2 atom stereocenters. The molecular weight excluding hydrogens is 396 g/mol. The molecule has 1 fully saturated rings. The monoisotopic (exact) mass is 424 g/mol. The summed E-state index contributed by atoms with van der Waals surface area (Å²) >= 11 is 0. The van der Waals surface area contributed by atoms with Gasteiger partial charge in [0.25, 0.3) is 0 Å². The summed E-state index contributed by atoms with van der Waals surface area (Å²) in [4.78, 5) is 32.2. The molecular formula is C22H28N6O3. The van der Waals surface area contributed by atoms with Crippen molar-refractivity contribution in [2.45, 2.75) is 51.7 Å². The summed E-state index contributed by atoms with van der Waals surface area (Å²) in [5.74, 6) is -0.221. The third-order valence-electron chi connectivity index (χ3n) is 5.63. The first-order valence-corrected chi connectivity index (χ1v) is 10.5. The number of ketones is 1. The fourth-order valence-electron chi connectivity index (χ4n) is 4.02. The van der Waals surface area contributed by atoms with Crippen molar-refractivity contribution in [1.29, 1.82) is 0 Å². The highest BCUT2D eigenvalue weighted by molar-refractivity contribution is 6.02. The van der Waals surface area contributed by atoms with Crippen LogP contribution in [0.25, 0.3) is 16.8 Å². The van der Waals surface area contributed by atoms with E-state index in [1.54, 1.807) is 45.8 Å². The zero-order valence-corrected chi connectivity index (χ0v) is 18.6. The number of nitrogens with zero attached hydrogens (tertiary/aromatic N) is 6. The van der Waals surface area contributed by atoms with Gasteiger partial charge in [-0.2, -0.15) is 10.2 Å². The van der Waals surface area contributed by atoms with E-state index < -0.39 is 5.60 Å². The van der Waals surface area contributed by atoms with Crippen LogP contribution in [-0.2, 0) is 11.8 Å². The molecule has 0 spiro atoms. The van der Waals surface area contributed by atoms with Crippen LogP contribution in [0.15, 0.2) is 30.9 Å². The van der Waals surface area contributed by atoms with Gasteiger partial charge in [-0.1, -0.05) is 0 Å². The Labute approximate surface area is 181 Å². The molecule has 0 bridgehead atoms. The molecule has 3 aromatic heterocycles. The number of Topliss-reactive ketones (excluding diaryl/α,β-unsaturated/α-hetero) is 1. The number of fused-ring (bicyclic) bond motifs is 1. The van der Waals surface area contributed by atoms with Crippen LogP contribution < -0.4 is 0 Å². The lowest BCUT2D eigenvalue weighted by Gasteiger charge is -2.28. The molecule has 3 aromatic rings. The smallest absolute Gasteiger partial charge is 0.410 e. The number of hydrogen-bond donors (Lipinski definition) is 0. The summed E-state index contributed by atoms with van der Waals surface area (Å²) in [7, 11) is 3.57. The lowest BCUT2D eigenvalue weighted by atomic mass is 9.98. The number of ether oxygens (including phenoxy) is 1. The van der Waals surface area contributed by atoms with Gasteiger partial charge >= 0.3 is 6.09 Å². The van der Waals surface area contributed by atoms with E-state index in [1.807, 2.05) is 34.0 Å². The summed E-state index contributed by atoms with van der Waals surface area (Å²) in [6.07, 6.45) is 8.72. The van der Waals surface area contributed by atoms with Crippen molar-refractivity contribution in [3.8, 4) is 11.3 Å². The van der Waals surface area contributed by atoms with Crippen LogP contribution in [0.5, 0.6) is 0 Å². The zero-order valence-electron chi connectivity index (χ0n) is 18.6. The molecule has 9 nitrogen and oxygen atoms in total. The molecule has 3 heterocycles. The van der Waals surface area contributed by atoms with Gasteiger partial charge in [-0.15, -0.1) is 0 Å². The maximum atomic E-state index is 13.5. The quantitative estimate of drug-likeness (QED) is 0.596. The SMILES string of the molecule is CN(C(=O)OC(C)(C)C)[C@@H]1CC[C@H](C(=O)c2nc(-c3cnn(C)c3)cn3nccc23)C1. The molecule has 0 saturated heterocycles. The van der Waals surface area contributed by atoms with Crippen LogP contribution in [0.2, 0.25) is 0 Å². The van der Waals surface area contributed by atoms with E-state index in [-0.39, 0.29) is 23.8 Å². The average Bonchev–Trinajstić information content (AvgIpc) is 3.44. The van der Waals surface area contributed by atoms with Gasteiger partial charge in [-0.3, -0.25) is 9.48 Å². The lowest BCUT2D eigenvalue weighted by molar-refractivity contribution is 0.0223. The number of hydrogen-bond acceptors (Lipinski definition) is 6. The highest BCUT2D eigenvalue weighted by atomic mass is 16.6. The van der Waals surface area contributed by atoms with Crippen molar-refractivity contribution in [2.24, 2.45) is 13.0 Å². The van der Waals surface area contributed by atoms with Crippen LogP contribution in [0, 0.1) is 5.92 Å². The Balaban J connectivity index is 1.56. The van der Waals surface area contributed by atoms with Crippen molar-refractivity contribution in [1.82, 2.24) is 29.3 Å². The minimum Gasteiger partial charge on any atom is -0.444 e. The molecule has 0 N–H and O–H groups in total. The Morgan fingerprint density at radius 2 is 1.97 bits per heavy atom. The maximum absolute atomic E-state index is 13.5. The summed E-state index contributed by atoms with van der Waals surface area (Å²) in [5, 5.41) is 8.51. The van der Waals surface area contributed by atoms with Gasteiger partial charge in [0.15, 0.2) is 5.78 Å². The molecule has 1 aliphatic carbocycles. The Morgan fingerprint density at radius 1 is 1.19 bits per heavy atom. The predicted octanol–water partition coefficient (Wildman–Crippen LogP) is 3.35. The van der Waals surface area contributed by atoms with Gasteiger partial charge in [0, 0.05) is 37.8 Å². The molecule has 1 saturated carbocycles. The van der Waals surface area contributed by atoms with Gasteiger partial charge in [-0.25, -0.2) is 14.3 Å². The van der Waals surface area contributed by atoms with Gasteiger partial charge in [0.2, 0.25) is 0 Å². The predicted molar refractivity (Wildman–Crippen MR) is 115 cm³/mol. The second-order valence-electron chi connectivity index (χ2n) is 9.16. The van der Waals surface area contributed by atoms with Crippen LogP contribution in [0.4, 0.5) is 4.79 Å². The minimum atomic E-state index is -0.552. The van der Waals surface area contributed by atoms with Crippen LogP contribution in [0.3, 0.4) is 0 Å². The molecule has 0 unspecified atom stereocenters. The highest BCUT2D eigenvalue weighted by Crippen LogP contribution is 2.33. The van der Waals surface area contributed by atoms with Gasteiger partial charge in [-0.05, 0) is 46.1 Å². The molecule has 9 heteroatoms. The van der Waals surface area contributed by atoms with Crippen molar-refractivity contribution in [3.05, 3.63) is 36.5 Å². The van der Waals surface area contributed by atoms with Gasteiger partial charge in [0.1, 0.15) is 11.3 Å². The minimum absolute atomic E-state index is 0.0173. The second-order valence-corrected chi connectivity index (χ2v) is 9.16. The van der Waals surface area contributed by atoms with E-state index in [0.717, 1.165) is 12.0 Å². The standard InChI is InChI=1S/C22H28N6O3/c1-22(2,3)31-21(30)27(5)16-7-6-14(10-16)20(29)19-18-8-9-23-28(18)13-17(25-19)15-11-24-26(4)12-15/h8-9,11-14,16H,6-7,10H2,1-5H3/t14-,16+/m0/s1. The maximum Gasteiger partial charge on any atom is 0.410 e. The van der Waals surface area contributed by atoms with Crippen LogP contribution in [0.1, 0.15) is 50.5 Å². The van der Waals surface area contributed by atoms with E-state index >= 15 is 0 Å². The van der Waals surface area contributed by atoms with Crippen molar-refractivity contribution < 1.29 is 14.3 Å². The number of amides is 1. The van der Waals surface area contributed by atoms with Gasteiger partial charge < -0.3 is 9.64 Å². The van der Waals surface area contributed by atoms with E-state index in [0.29, 0.717) is 29.7 Å². The summed E-state index contributed by atoms with van der Waals surface area (Å²) in [5.41, 5.74) is 2.01. The fourth-order valence-corrected chi connectivity index (χ4v) is 4.02. The number of aryl methyl sites for hydroxylation is 1. The summed E-state index contributed by atoms with van der Waals surface area (Å²) < 4.78 is 8.85. The van der Waals surface area contributed by atoms with Crippen LogP contribution in [-0.4, -0.2) is 59.8 Å². The first kappa shape index (κ1) is 21.0. The Morgan fingerprint density at radius 3 is 2.65 bits per heavy atom. The molecule has 31 heavy (non-hydrogen) atoms. The largest absolute Gasteiger partial charge is 0.444 e. The summed E-state index contributed by atoms with van der Waals surface area (Å²) in [6, 6.07) is 1.76. The number of rotatable bonds is 4. The second kappa shape index (κ2) is 7.79. The number of carbonyl (C=O) groups excluding carboxylic acids is 2. The van der Waals surface area contributed by atoms with E-state index in [1.165, 1.54) is 0 Å². The van der Waals surface area contributed by atoms with Gasteiger partial charge in [0.05, 0.1) is 29.8 Å². The molecule has 1 amide bonds. The highest BCUT2D eigenvalue weighted by Gasteiger charge is 2.36. The Hall–Kier alpha value is -3.23. The molecule has 0 aromatic carbocycles. The first-order chi connectivity index (χ1) is 14.6. The Kier molecular flexibility index (Phi) is 5.28. The first-order valence-electron chi connectivity index (χ1n) is 10.5. The van der Waals surface area contributed by atoms with Crippen LogP contribution >= 0.6 is 0 Å². The third-order valence-corrected chi connectivity index (χ3v) is 5.63. The topological polar surface area (TPSA) is 94.6 Å². The molecule has 164 valence electrons. The summed E-state index contributed by atoms with van der Waals surface area (Å²) in [6.45, 7) is 5.53. The number of aromatic nitrogens is 5. The number of carbonyl (C=O) groups is 2. The van der Waals surface area contributed by atoms with E-state index in [2.05, 4.69) is 15.2 Å². The van der Waals surface area contributed by atoms with Crippen molar-refractivity contribution in [3.63, 3.8) is 0 Å². The lowest BCUT2D eigenvalue weighted by Crippen LogP contribution is -2.39. The fraction of sp³-hybridized carbons (Fsp3) is 0.500. The van der Waals surface area contributed by atoms with E-state index in [9.17, 15) is 9.59 Å². The van der Waals surface area contributed by atoms with Crippen molar-refractivity contribution in [2.75, 3.05) is 7.05 Å². The third kappa shape index (κ3) is 4.30. The normalized spacial score (nSPS) is 19.0. The zero-order chi connectivity index (χ0) is 22.3. The molecule has 1 aliphatic rings. The Bertz CT molecular complexity index is 1130. The molecule has 0 radical (unpaired) electrons. The molecule has 0 aliphatic heterocycles. The van der Waals surface area contributed by atoms with E-state index in [4.69, 9.17) is 4.74 Å². The van der Waals surface area contributed by atoms with Crippen molar-refractivity contribution >= 4 is 17.4 Å². The average molecular weight is 425 g/mol. The molecule has 4 rings (SSSR count).